The van der Waals surface area contributed by atoms with E-state index in [1.165, 1.54) is 30.0 Å². The molecule has 2 aliphatic carbocycles. The molecular formula is C18H22N6O3. The Labute approximate surface area is 156 Å². The Morgan fingerprint density at radius 2 is 2.11 bits per heavy atom. The molecule has 0 atom stereocenters. The number of hydrogen-bond acceptors (Lipinski definition) is 6. The lowest BCUT2D eigenvalue weighted by atomic mass is 9.85. The van der Waals surface area contributed by atoms with Crippen molar-refractivity contribution in [2.24, 2.45) is 5.92 Å². The molecule has 0 radical (unpaired) electrons. The summed E-state index contributed by atoms with van der Waals surface area (Å²) >= 11 is 0. The van der Waals surface area contributed by atoms with Gasteiger partial charge >= 0.3 is 5.97 Å². The van der Waals surface area contributed by atoms with E-state index < -0.39 is 5.97 Å². The first-order chi connectivity index (χ1) is 13.1. The van der Waals surface area contributed by atoms with Crippen LogP contribution in [0.3, 0.4) is 0 Å². The molecule has 0 bridgehead atoms. The first kappa shape index (κ1) is 17.6. The number of hydrogen-bond donors (Lipinski definition) is 2. The lowest BCUT2D eigenvalue weighted by Gasteiger charge is -2.42. The largest absolute Gasteiger partial charge is 0.480 e. The average molecular weight is 370 g/mol. The number of nitrogens with zero attached hydrogens (tertiary/aromatic N) is 5. The highest BCUT2D eigenvalue weighted by atomic mass is 16.4. The van der Waals surface area contributed by atoms with E-state index in [2.05, 4.69) is 25.3 Å². The van der Waals surface area contributed by atoms with Gasteiger partial charge in [0.2, 0.25) is 0 Å². The standard InChI is InChI=1S/C18H22N6O3/c25-17(26)9-23(8-12-1-2-12)15-5-14(6-15)22-18(27)13-3-4-16(20-7-13)24-11-19-10-21-24/h3-4,7,10-12,14-15H,1-2,5-6,8-9H2,(H,22,27)(H,25,26). The second-order valence-electron chi connectivity index (χ2n) is 7.31. The Morgan fingerprint density at radius 1 is 1.30 bits per heavy atom. The van der Waals surface area contributed by atoms with Crippen LogP contribution in [0.5, 0.6) is 0 Å². The van der Waals surface area contributed by atoms with E-state index >= 15 is 0 Å². The lowest BCUT2D eigenvalue weighted by Crippen LogP contribution is -2.55. The summed E-state index contributed by atoms with van der Waals surface area (Å²) in [5.41, 5.74) is 0.489. The first-order valence-electron chi connectivity index (χ1n) is 9.16. The molecule has 9 nitrogen and oxygen atoms in total. The summed E-state index contributed by atoms with van der Waals surface area (Å²) in [5.74, 6) is 0.287. The molecule has 1 amide bonds. The number of rotatable bonds is 8. The number of nitrogens with one attached hydrogen (secondary N) is 1. The Kier molecular flexibility index (Phi) is 4.85. The minimum absolute atomic E-state index is 0.0768. The zero-order valence-corrected chi connectivity index (χ0v) is 14.9. The van der Waals surface area contributed by atoms with Gasteiger partial charge in [-0.05, 0) is 43.7 Å². The smallest absolute Gasteiger partial charge is 0.317 e. The molecule has 142 valence electrons. The first-order valence-corrected chi connectivity index (χ1v) is 9.16. The van der Waals surface area contributed by atoms with Gasteiger partial charge in [-0.2, -0.15) is 5.10 Å². The van der Waals surface area contributed by atoms with Crippen molar-refractivity contribution in [3.63, 3.8) is 0 Å². The third-order valence-corrected chi connectivity index (χ3v) is 5.16. The van der Waals surface area contributed by atoms with Crippen LogP contribution >= 0.6 is 0 Å². The van der Waals surface area contributed by atoms with Gasteiger partial charge in [0.1, 0.15) is 12.7 Å². The maximum absolute atomic E-state index is 12.4. The van der Waals surface area contributed by atoms with E-state index in [0.29, 0.717) is 17.3 Å². The molecule has 0 spiro atoms. The molecule has 0 aliphatic heterocycles. The SMILES string of the molecule is O=C(O)CN(CC1CC1)C1CC(NC(=O)c2ccc(-n3cncn3)nc2)C1. The van der Waals surface area contributed by atoms with Crippen LogP contribution in [0.1, 0.15) is 36.0 Å². The van der Waals surface area contributed by atoms with Crippen molar-refractivity contribution in [2.45, 2.75) is 37.8 Å². The minimum atomic E-state index is -0.790. The third-order valence-electron chi connectivity index (χ3n) is 5.16. The van der Waals surface area contributed by atoms with Gasteiger partial charge in [-0.15, -0.1) is 0 Å². The molecule has 0 saturated heterocycles. The van der Waals surface area contributed by atoms with E-state index in [1.807, 2.05) is 0 Å². The quantitative estimate of drug-likeness (QED) is 0.704. The van der Waals surface area contributed by atoms with Crippen LogP contribution in [0.15, 0.2) is 31.0 Å². The highest BCUT2D eigenvalue weighted by molar-refractivity contribution is 5.94. The molecule has 2 N–H and O–H groups in total. The number of aliphatic carboxylic acids is 1. The van der Waals surface area contributed by atoms with Crippen LogP contribution in [0.25, 0.3) is 5.82 Å². The average Bonchev–Trinajstić information content (AvgIpc) is 3.26. The molecule has 2 heterocycles. The normalized spacial score (nSPS) is 21.7. The second-order valence-corrected chi connectivity index (χ2v) is 7.31. The van der Waals surface area contributed by atoms with Crippen LogP contribution in [-0.2, 0) is 4.79 Å². The Balaban J connectivity index is 1.28. The Morgan fingerprint density at radius 3 is 2.70 bits per heavy atom. The predicted octanol–water partition coefficient (Wildman–Crippen LogP) is 0.720. The van der Waals surface area contributed by atoms with Gasteiger partial charge in [0.05, 0.1) is 12.1 Å². The predicted molar refractivity (Wildman–Crippen MR) is 95.4 cm³/mol. The van der Waals surface area contributed by atoms with Gasteiger partial charge in [-0.1, -0.05) is 0 Å². The van der Waals surface area contributed by atoms with Crippen LogP contribution in [0.4, 0.5) is 0 Å². The fourth-order valence-corrected chi connectivity index (χ4v) is 3.40. The summed E-state index contributed by atoms with van der Waals surface area (Å²) in [6.07, 6.45) is 8.45. The Bertz CT molecular complexity index is 797. The molecule has 2 fully saturated rings. The zero-order chi connectivity index (χ0) is 18.8. The molecule has 27 heavy (non-hydrogen) atoms. The number of aromatic nitrogens is 4. The zero-order valence-electron chi connectivity index (χ0n) is 14.9. The molecule has 2 saturated carbocycles. The van der Waals surface area contributed by atoms with Gasteiger partial charge in [0.15, 0.2) is 5.82 Å². The fourth-order valence-electron chi connectivity index (χ4n) is 3.40. The maximum atomic E-state index is 12.4. The van der Waals surface area contributed by atoms with Crippen molar-refractivity contribution in [1.82, 2.24) is 30.0 Å². The van der Waals surface area contributed by atoms with Gasteiger partial charge in [0.25, 0.3) is 5.91 Å². The fraction of sp³-hybridized carbons (Fsp3) is 0.500. The van der Waals surface area contributed by atoms with Gasteiger partial charge in [-0.3, -0.25) is 14.5 Å². The minimum Gasteiger partial charge on any atom is -0.480 e. The molecule has 0 unspecified atom stereocenters. The van der Waals surface area contributed by atoms with Crippen LogP contribution in [0.2, 0.25) is 0 Å². The summed E-state index contributed by atoms with van der Waals surface area (Å²) in [4.78, 5) is 33.6. The van der Waals surface area contributed by atoms with Crippen LogP contribution in [0, 0.1) is 5.92 Å². The third kappa shape index (κ3) is 4.30. The highest BCUT2D eigenvalue weighted by Crippen LogP contribution is 2.33. The number of amides is 1. The van der Waals surface area contributed by atoms with Gasteiger partial charge < -0.3 is 10.4 Å². The van der Waals surface area contributed by atoms with E-state index in [9.17, 15) is 9.59 Å². The summed E-state index contributed by atoms with van der Waals surface area (Å²) in [6.45, 7) is 0.931. The molecule has 4 rings (SSSR count). The summed E-state index contributed by atoms with van der Waals surface area (Å²) in [7, 11) is 0. The highest BCUT2D eigenvalue weighted by Gasteiger charge is 2.37. The van der Waals surface area contributed by atoms with Crippen molar-refractivity contribution in [2.75, 3.05) is 13.1 Å². The van der Waals surface area contributed by atoms with E-state index in [-0.39, 0.29) is 24.5 Å². The van der Waals surface area contributed by atoms with Crippen LogP contribution < -0.4 is 5.32 Å². The molecule has 2 aromatic heterocycles. The van der Waals surface area contributed by atoms with Crippen molar-refractivity contribution in [3.05, 3.63) is 36.5 Å². The monoisotopic (exact) mass is 370 g/mol. The number of carboxylic acid groups (broad SMARTS) is 1. The molecule has 9 heteroatoms. The molecular weight excluding hydrogens is 348 g/mol. The summed E-state index contributed by atoms with van der Waals surface area (Å²) in [5, 5.41) is 16.1. The lowest BCUT2D eigenvalue weighted by molar-refractivity contribution is -0.139. The van der Waals surface area contributed by atoms with Gasteiger partial charge in [0, 0.05) is 24.8 Å². The van der Waals surface area contributed by atoms with Crippen molar-refractivity contribution in [3.8, 4) is 5.82 Å². The van der Waals surface area contributed by atoms with E-state index in [0.717, 1.165) is 19.4 Å². The maximum Gasteiger partial charge on any atom is 0.317 e. The molecule has 0 aromatic carbocycles. The van der Waals surface area contributed by atoms with Crippen molar-refractivity contribution in [1.29, 1.82) is 0 Å². The summed E-state index contributed by atoms with van der Waals surface area (Å²) in [6, 6.07) is 3.74. The summed E-state index contributed by atoms with van der Waals surface area (Å²) < 4.78 is 1.52. The van der Waals surface area contributed by atoms with Gasteiger partial charge in [-0.25, -0.2) is 14.6 Å². The molecule has 2 aromatic rings. The van der Waals surface area contributed by atoms with E-state index in [4.69, 9.17) is 5.11 Å². The second kappa shape index (κ2) is 7.43. The number of carbonyl (C=O) groups is 2. The van der Waals surface area contributed by atoms with Crippen molar-refractivity contribution < 1.29 is 14.7 Å². The number of pyridine rings is 1. The van der Waals surface area contributed by atoms with Crippen LogP contribution in [-0.4, -0.2) is 66.8 Å². The topological polar surface area (TPSA) is 113 Å². The molecule has 2 aliphatic rings. The number of carbonyl (C=O) groups excluding carboxylic acids is 1. The Hall–Kier alpha value is -2.81. The van der Waals surface area contributed by atoms with E-state index in [1.54, 1.807) is 18.5 Å². The van der Waals surface area contributed by atoms with Crippen molar-refractivity contribution >= 4 is 11.9 Å². The number of carboxylic acids is 1.